The molecule has 6 rings (SSSR count). The average molecular weight is 939 g/mol. The Morgan fingerprint density at radius 3 is 2.40 bits per heavy atom. The predicted molar refractivity (Wildman–Crippen MR) is 256 cm³/mol. The number of unbranched alkanes of at least 4 members (excludes halogenated alkanes) is 3. The van der Waals surface area contributed by atoms with E-state index in [1.165, 1.54) is 4.90 Å². The number of para-hydroxylation sites is 1. The van der Waals surface area contributed by atoms with Gasteiger partial charge in [-0.05, 0) is 73.6 Å². The molecule has 360 valence electrons. The van der Waals surface area contributed by atoms with Gasteiger partial charge in [-0.25, -0.2) is 4.98 Å². The lowest BCUT2D eigenvalue weighted by atomic mass is 9.85. The van der Waals surface area contributed by atoms with Crippen LogP contribution >= 0.6 is 11.3 Å². The van der Waals surface area contributed by atoms with Crippen LogP contribution in [-0.2, 0) is 46.3 Å². The minimum Gasteiger partial charge on any atom is -0.391 e. The van der Waals surface area contributed by atoms with E-state index in [0.717, 1.165) is 51.4 Å². The number of aryl methyl sites for hydroxylation is 2. The summed E-state index contributed by atoms with van der Waals surface area (Å²) in [7, 11) is 0. The Labute approximate surface area is 397 Å². The lowest BCUT2D eigenvalue weighted by molar-refractivity contribution is -0.144. The third-order valence-corrected chi connectivity index (χ3v) is 13.7. The average Bonchev–Trinajstić information content (AvgIpc) is 4.00. The number of β-amino-alcohol motifs (C(OH)–C–C–N with tert-alkyl or cyclic N) is 1. The smallest absolute Gasteiger partial charge is 0.246 e. The van der Waals surface area contributed by atoms with Gasteiger partial charge in [0.25, 0.3) is 0 Å². The number of nitrogens with one attached hydrogen (secondary N) is 3. The molecule has 8 N–H and O–H groups in total. The minimum absolute atomic E-state index is 0.0101. The highest BCUT2D eigenvalue weighted by Crippen LogP contribution is 2.39. The molecule has 1 fully saturated rings. The van der Waals surface area contributed by atoms with Gasteiger partial charge in [0.15, 0.2) is 0 Å². The van der Waals surface area contributed by atoms with E-state index in [4.69, 9.17) is 16.2 Å². The summed E-state index contributed by atoms with van der Waals surface area (Å²) in [5.74, 6) is 3.87. The van der Waals surface area contributed by atoms with Gasteiger partial charge < -0.3 is 42.2 Å². The standard InChI is InChI=1S/C50H66N8O8S/c1-30(32-16-18-34(19-17-32)44-31(2)53-29-67-44)54-46(62)39-26-37(59)27-57(39)49(65)45(50(3,4)5)56-42(61)15-10-8-6-7-9-11-24-66-28-36(21-23-41(52)60)55-47(63)40-25-35-14-12-13-33-20-22-38(51)48(64)58(40)43(33)35/h12-14,16-19,29-30,36-40,45,59H,6-8,10,15,20-28,51H2,1-5H3,(H2,52,60)(H,54,62)(H,55,63)(H,56,61)/t30-,36-,37+,38-,39?,40-,45+/m0/s1. The fourth-order valence-corrected chi connectivity index (χ4v) is 9.80. The van der Waals surface area contributed by atoms with Crippen LogP contribution < -0.4 is 32.3 Å². The number of thiazole rings is 1. The Bertz CT molecular complexity index is 2330. The molecule has 17 heteroatoms. The first-order chi connectivity index (χ1) is 31.9. The second kappa shape index (κ2) is 22.9. The molecule has 1 aromatic heterocycles. The van der Waals surface area contributed by atoms with Crippen LogP contribution in [0.1, 0.15) is 114 Å². The third-order valence-electron chi connectivity index (χ3n) is 12.7. The highest BCUT2D eigenvalue weighted by molar-refractivity contribution is 7.13. The van der Waals surface area contributed by atoms with Gasteiger partial charge in [-0.3, -0.25) is 33.7 Å². The number of likely N-dealkylation sites (tertiary alicyclic amines) is 1. The quantitative estimate of drug-likeness (QED) is 0.0752. The molecule has 3 aromatic rings. The van der Waals surface area contributed by atoms with E-state index in [1.807, 2.05) is 82.6 Å². The zero-order valence-corrected chi connectivity index (χ0v) is 40.1. The first-order valence-corrected chi connectivity index (χ1v) is 24.2. The van der Waals surface area contributed by atoms with Crippen molar-refractivity contribution in [3.8, 4) is 22.3 Å². The zero-order chi connectivity index (χ0) is 48.4. The first-order valence-electron chi connectivity index (χ1n) is 23.3. The molecule has 1 saturated heterocycles. The summed E-state index contributed by atoms with van der Waals surface area (Å²) in [4.78, 5) is 87.9. The van der Waals surface area contributed by atoms with Crippen LogP contribution in [0.5, 0.6) is 0 Å². The number of benzene rings is 2. The summed E-state index contributed by atoms with van der Waals surface area (Å²) in [5, 5.41) is 19.6. The molecular formula is C50H66N8O8S. The van der Waals surface area contributed by atoms with E-state index in [0.29, 0.717) is 32.1 Å². The molecule has 0 bridgehead atoms. The van der Waals surface area contributed by atoms with Crippen molar-refractivity contribution in [3.63, 3.8) is 0 Å². The summed E-state index contributed by atoms with van der Waals surface area (Å²) < 4.78 is 5.79. The minimum atomic E-state index is -0.916. The number of carbonyl (C=O) groups excluding carboxylic acids is 6. The topological polar surface area (TPSA) is 239 Å². The van der Waals surface area contributed by atoms with Crippen molar-refractivity contribution in [1.29, 1.82) is 0 Å². The fourth-order valence-electron chi connectivity index (χ4n) is 8.99. The van der Waals surface area contributed by atoms with Crippen molar-refractivity contribution in [2.45, 2.75) is 148 Å². The van der Waals surface area contributed by atoms with Gasteiger partial charge in [-0.1, -0.05) is 75.6 Å². The van der Waals surface area contributed by atoms with E-state index in [2.05, 4.69) is 32.8 Å². The van der Waals surface area contributed by atoms with Crippen molar-refractivity contribution < 1.29 is 38.6 Å². The van der Waals surface area contributed by atoms with Crippen LogP contribution in [-0.4, -0.2) is 107 Å². The molecule has 0 saturated carbocycles. The van der Waals surface area contributed by atoms with Crippen molar-refractivity contribution in [3.05, 3.63) is 70.4 Å². The number of ether oxygens (including phenoxy) is 1. The van der Waals surface area contributed by atoms with Crippen molar-refractivity contribution >= 4 is 52.5 Å². The molecule has 0 spiro atoms. The maximum Gasteiger partial charge on any atom is 0.246 e. The normalized spacial score (nSPS) is 20.2. The van der Waals surface area contributed by atoms with Crippen LogP contribution in [0, 0.1) is 24.2 Å². The Balaban J connectivity index is 0.918. The Morgan fingerprint density at radius 2 is 1.70 bits per heavy atom. The number of aliphatic hydroxyl groups excluding tert-OH is 1. The lowest BCUT2D eigenvalue weighted by Crippen LogP contribution is -2.57. The van der Waals surface area contributed by atoms with Crippen molar-refractivity contribution in [2.75, 3.05) is 24.7 Å². The van der Waals surface area contributed by atoms with Crippen molar-refractivity contribution in [1.82, 2.24) is 25.8 Å². The number of amides is 6. The van der Waals surface area contributed by atoms with Crippen LogP contribution in [0.3, 0.4) is 0 Å². The first kappa shape index (κ1) is 50.7. The van der Waals surface area contributed by atoms with Crippen LogP contribution in [0.15, 0.2) is 48.0 Å². The second-order valence-electron chi connectivity index (χ2n) is 19.0. The highest BCUT2D eigenvalue weighted by atomic mass is 32.1. The molecule has 3 aliphatic heterocycles. The summed E-state index contributed by atoms with van der Waals surface area (Å²) >= 11 is 1.57. The molecule has 2 aromatic carbocycles. The number of aromatic nitrogens is 1. The molecular weight excluding hydrogens is 873 g/mol. The number of hydrogen-bond donors (Lipinski definition) is 6. The summed E-state index contributed by atoms with van der Waals surface area (Å²) in [6.07, 6.45) is 3.85. The number of aliphatic hydroxyl groups is 1. The highest BCUT2D eigenvalue weighted by Gasteiger charge is 2.45. The second-order valence-corrected chi connectivity index (χ2v) is 19.9. The Kier molecular flexibility index (Phi) is 17.3. The molecule has 6 amide bonds. The monoisotopic (exact) mass is 938 g/mol. The summed E-state index contributed by atoms with van der Waals surface area (Å²) in [5.41, 5.74) is 18.3. The Hall–Kier alpha value is -5.67. The van der Waals surface area contributed by atoms with Crippen LogP contribution in [0.25, 0.3) is 10.4 Å². The maximum absolute atomic E-state index is 14.1. The van der Waals surface area contributed by atoms with Gasteiger partial charge in [0, 0.05) is 38.6 Å². The largest absolute Gasteiger partial charge is 0.391 e. The lowest BCUT2D eigenvalue weighted by Gasteiger charge is -2.35. The number of hydrogen-bond acceptors (Lipinski definition) is 11. The molecule has 0 aliphatic carbocycles. The van der Waals surface area contributed by atoms with Gasteiger partial charge in [0.1, 0.15) is 24.7 Å². The van der Waals surface area contributed by atoms with Gasteiger partial charge >= 0.3 is 0 Å². The van der Waals surface area contributed by atoms with E-state index in [9.17, 15) is 33.9 Å². The number of nitrogens with zero attached hydrogens (tertiary/aromatic N) is 3. The molecule has 67 heavy (non-hydrogen) atoms. The summed E-state index contributed by atoms with van der Waals surface area (Å²) in [6.45, 7) is 9.59. The zero-order valence-electron chi connectivity index (χ0n) is 39.3. The van der Waals surface area contributed by atoms with Gasteiger partial charge in [-0.15, -0.1) is 17.3 Å². The fraction of sp³-hybridized carbons (Fsp3) is 0.540. The number of rotatable bonds is 19. The molecule has 4 heterocycles. The third kappa shape index (κ3) is 13.1. The number of anilines is 1. The summed E-state index contributed by atoms with van der Waals surface area (Å²) in [6, 6.07) is 9.59. The van der Waals surface area contributed by atoms with E-state index < -0.39 is 53.5 Å². The molecule has 3 aliphatic rings. The number of nitrogens with two attached hydrogens (primary N) is 2. The van der Waals surface area contributed by atoms with E-state index >= 15 is 0 Å². The van der Waals surface area contributed by atoms with Gasteiger partial charge in [0.05, 0.1) is 52.6 Å². The number of primary amides is 1. The van der Waals surface area contributed by atoms with Gasteiger partial charge in [-0.2, -0.15) is 0 Å². The maximum atomic E-state index is 14.1. The molecule has 16 nitrogen and oxygen atoms in total. The van der Waals surface area contributed by atoms with Crippen LogP contribution in [0.2, 0.25) is 0 Å². The van der Waals surface area contributed by atoms with E-state index in [1.54, 1.807) is 16.2 Å². The molecule has 7 atom stereocenters. The predicted octanol–water partition coefficient (Wildman–Crippen LogP) is 3.74. The molecule has 1 unspecified atom stereocenters. The van der Waals surface area contributed by atoms with Crippen LogP contribution in [0.4, 0.5) is 5.69 Å². The SMILES string of the molecule is Cc1ncsc1-c1ccc([C@H](C)NC(=O)C2C[C@@H](O)CN2C(=O)[C@@H](NC(=O)CCCCCC#CCOC[C@H](CCC(N)=O)NC(=O)[C@@H]2Cc3cccc4c3N2C(=O)[C@@H](N)CC4)C(C)(C)C)cc1. The van der Waals surface area contributed by atoms with E-state index in [-0.39, 0.29) is 75.1 Å². The number of carbonyl (C=O) groups is 6. The Morgan fingerprint density at radius 1 is 0.970 bits per heavy atom. The van der Waals surface area contributed by atoms with Gasteiger partial charge in [0.2, 0.25) is 35.4 Å². The van der Waals surface area contributed by atoms with Crippen molar-refractivity contribution in [2.24, 2.45) is 16.9 Å². The molecule has 0 radical (unpaired) electrons.